The highest BCUT2D eigenvalue weighted by atomic mass is 32.2. The van der Waals surface area contributed by atoms with Crippen molar-refractivity contribution in [2.45, 2.75) is 25.2 Å². The summed E-state index contributed by atoms with van der Waals surface area (Å²) >= 11 is 0. The summed E-state index contributed by atoms with van der Waals surface area (Å²) in [6.07, 6.45) is 0.671. The van der Waals surface area contributed by atoms with E-state index >= 15 is 0 Å². The van der Waals surface area contributed by atoms with Gasteiger partial charge in [-0.05, 0) is 42.3 Å². The van der Waals surface area contributed by atoms with Gasteiger partial charge >= 0.3 is 0 Å². The average Bonchev–Trinajstić information content (AvgIpc) is 2.82. The van der Waals surface area contributed by atoms with Crippen LogP contribution in [0.1, 0.15) is 19.4 Å². The van der Waals surface area contributed by atoms with Gasteiger partial charge in [-0.1, -0.05) is 32.0 Å². The summed E-state index contributed by atoms with van der Waals surface area (Å²) in [7, 11) is -7.57. The van der Waals surface area contributed by atoms with Crippen LogP contribution in [-0.2, 0) is 31.3 Å². The first-order valence-electron chi connectivity index (χ1n) is 8.43. The Morgan fingerprint density at radius 2 is 1.74 bits per heavy atom. The van der Waals surface area contributed by atoms with Gasteiger partial charge in [-0.25, -0.2) is 21.1 Å². The van der Waals surface area contributed by atoms with Crippen LogP contribution in [0.15, 0.2) is 53.4 Å². The molecular formula is C18H20N2O5S2. The zero-order chi connectivity index (χ0) is 19.8. The molecule has 1 fully saturated rings. The molecule has 7 nitrogen and oxygen atoms in total. The summed E-state index contributed by atoms with van der Waals surface area (Å²) in [4.78, 5) is 12.1. The lowest BCUT2D eigenvalue weighted by molar-refractivity contribution is -0.119. The maximum absolute atomic E-state index is 12.6. The number of nitrogens with one attached hydrogen (secondary N) is 1. The first-order chi connectivity index (χ1) is 12.7. The van der Waals surface area contributed by atoms with Crippen molar-refractivity contribution in [3.63, 3.8) is 0 Å². The molecule has 1 heterocycles. The monoisotopic (exact) mass is 408 g/mol. The van der Waals surface area contributed by atoms with Crippen LogP contribution in [0.5, 0.6) is 0 Å². The Morgan fingerprint density at radius 1 is 1.11 bits per heavy atom. The van der Waals surface area contributed by atoms with Gasteiger partial charge in [0.15, 0.2) is 0 Å². The standard InChI is InChI=1S/C18H20N2O5S2/c1-3-14-6-4-5-7-17(14)19-27(24,25)16-10-8-15(9-11-16)20-18(21)13(2)12-26(20,22)23/h4-11,13,19H,3,12H2,1-2H3. The minimum atomic E-state index is -3.84. The van der Waals surface area contributed by atoms with Gasteiger partial charge in [-0.15, -0.1) is 0 Å². The van der Waals surface area contributed by atoms with Crippen LogP contribution in [0.2, 0.25) is 0 Å². The molecule has 1 saturated heterocycles. The summed E-state index contributed by atoms with van der Waals surface area (Å²) in [6.45, 7) is 3.48. The van der Waals surface area contributed by atoms with E-state index in [9.17, 15) is 21.6 Å². The molecule has 1 aliphatic heterocycles. The zero-order valence-corrected chi connectivity index (χ0v) is 16.5. The second-order valence-corrected chi connectivity index (χ2v) is 9.94. The number of carbonyl (C=O) groups is 1. The predicted octanol–water partition coefficient (Wildman–Crippen LogP) is 2.36. The molecule has 0 saturated carbocycles. The topological polar surface area (TPSA) is 101 Å². The van der Waals surface area contributed by atoms with E-state index < -0.39 is 31.9 Å². The van der Waals surface area contributed by atoms with E-state index in [1.54, 1.807) is 19.1 Å². The van der Waals surface area contributed by atoms with Gasteiger partial charge in [-0.2, -0.15) is 0 Å². The van der Waals surface area contributed by atoms with Crippen LogP contribution in [0.3, 0.4) is 0 Å². The van der Waals surface area contributed by atoms with E-state index in [-0.39, 0.29) is 16.3 Å². The number of hydrogen-bond acceptors (Lipinski definition) is 5. The maximum Gasteiger partial charge on any atom is 0.261 e. The van der Waals surface area contributed by atoms with E-state index in [4.69, 9.17) is 0 Å². The molecule has 0 aromatic heterocycles. The van der Waals surface area contributed by atoms with Gasteiger partial charge < -0.3 is 0 Å². The van der Waals surface area contributed by atoms with Gasteiger partial charge in [-0.3, -0.25) is 9.52 Å². The van der Waals surface area contributed by atoms with Gasteiger partial charge in [0.2, 0.25) is 15.9 Å². The van der Waals surface area contributed by atoms with Crippen molar-refractivity contribution >= 4 is 37.3 Å². The van der Waals surface area contributed by atoms with Crippen LogP contribution in [0.25, 0.3) is 0 Å². The summed E-state index contributed by atoms with van der Waals surface area (Å²) < 4.78 is 52.9. The van der Waals surface area contributed by atoms with E-state index in [2.05, 4.69) is 4.72 Å². The number of benzene rings is 2. The number of sulfonamides is 2. The molecule has 9 heteroatoms. The van der Waals surface area contributed by atoms with Crippen LogP contribution in [0.4, 0.5) is 11.4 Å². The summed E-state index contributed by atoms with van der Waals surface area (Å²) in [5.74, 6) is -1.38. The third kappa shape index (κ3) is 3.70. The van der Waals surface area contributed by atoms with Gasteiger partial charge in [0.1, 0.15) is 0 Å². The van der Waals surface area contributed by atoms with Crippen molar-refractivity contribution in [1.29, 1.82) is 0 Å². The Kier molecular flexibility index (Phi) is 5.00. The molecule has 144 valence electrons. The molecular weight excluding hydrogens is 388 g/mol. The van der Waals surface area contributed by atoms with Gasteiger partial charge in [0, 0.05) is 0 Å². The fourth-order valence-corrected chi connectivity index (χ4v) is 5.90. The van der Waals surface area contributed by atoms with E-state index in [0.29, 0.717) is 12.1 Å². The SMILES string of the molecule is CCc1ccccc1NS(=O)(=O)c1ccc(N2C(=O)C(C)CS2(=O)=O)cc1. The van der Waals surface area contributed by atoms with E-state index in [1.807, 2.05) is 19.1 Å². The van der Waals surface area contributed by atoms with Crippen molar-refractivity contribution in [3.05, 3.63) is 54.1 Å². The fraction of sp³-hybridized carbons (Fsp3) is 0.278. The highest BCUT2D eigenvalue weighted by Crippen LogP contribution is 2.29. The predicted molar refractivity (Wildman–Crippen MR) is 104 cm³/mol. The highest BCUT2D eigenvalue weighted by Gasteiger charge is 2.41. The van der Waals surface area contributed by atoms with Crippen LogP contribution in [0, 0.1) is 5.92 Å². The van der Waals surface area contributed by atoms with Gasteiger partial charge in [0.05, 0.1) is 27.9 Å². The Balaban J connectivity index is 1.90. The quantitative estimate of drug-likeness (QED) is 0.819. The number of aryl methyl sites for hydroxylation is 1. The van der Waals surface area contributed by atoms with Crippen LogP contribution < -0.4 is 9.03 Å². The Hall–Kier alpha value is -2.39. The van der Waals surface area contributed by atoms with Crippen LogP contribution >= 0.6 is 0 Å². The number of nitrogens with zero attached hydrogens (tertiary/aromatic N) is 1. The van der Waals surface area contributed by atoms with E-state index in [1.165, 1.54) is 24.3 Å². The number of rotatable bonds is 5. The largest absolute Gasteiger partial charge is 0.279 e. The maximum atomic E-state index is 12.6. The lowest BCUT2D eigenvalue weighted by Crippen LogP contribution is -2.30. The molecule has 0 bridgehead atoms. The Labute approximate surface area is 159 Å². The molecule has 0 spiro atoms. The Morgan fingerprint density at radius 3 is 2.30 bits per heavy atom. The second kappa shape index (κ2) is 6.97. The molecule has 2 aromatic carbocycles. The number of para-hydroxylation sites is 1. The van der Waals surface area contributed by atoms with Crippen molar-refractivity contribution in [1.82, 2.24) is 0 Å². The lowest BCUT2D eigenvalue weighted by Gasteiger charge is -2.16. The molecule has 0 aliphatic carbocycles. The molecule has 1 N–H and O–H groups in total. The number of hydrogen-bond donors (Lipinski definition) is 1. The minimum absolute atomic E-state index is 0.0192. The highest BCUT2D eigenvalue weighted by molar-refractivity contribution is 7.94. The minimum Gasteiger partial charge on any atom is -0.279 e. The smallest absolute Gasteiger partial charge is 0.261 e. The fourth-order valence-electron chi connectivity index (χ4n) is 2.98. The molecule has 0 radical (unpaired) electrons. The summed E-state index contributed by atoms with van der Waals surface area (Å²) in [5.41, 5.74) is 1.49. The van der Waals surface area contributed by atoms with Crippen molar-refractivity contribution in [3.8, 4) is 0 Å². The first-order valence-corrected chi connectivity index (χ1v) is 11.5. The third-order valence-corrected chi connectivity index (χ3v) is 7.63. The van der Waals surface area contributed by atoms with E-state index in [0.717, 1.165) is 9.87 Å². The number of amides is 1. The zero-order valence-electron chi connectivity index (χ0n) is 14.9. The lowest BCUT2D eigenvalue weighted by atomic mass is 10.1. The normalized spacial score (nSPS) is 19.3. The summed E-state index contributed by atoms with van der Waals surface area (Å²) in [5, 5.41) is 0. The average molecular weight is 409 g/mol. The number of anilines is 2. The number of carbonyl (C=O) groups excluding carboxylic acids is 1. The molecule has 1 atom stereocenters. The van der Waals surface area contributed by atoms with Crippen LogP contribution in [-0.4, -0.2) is 28.5 Å². The molecule has 2 aromatic rings. The van der Waals surface area contributed by atoms with Gasteiger partial charge in [0.25, 0.3) is 10.0 Å². The molecule has 1 unspecified atom stereocenters. The summed E-state index contributed by atoms with van der Waals surface area (Å²) in [6, 6.07) is 12.3. The van der Waals surface area contributed by atoms with Crippen molar-refractivity contribution in [2.24, 2.45) is 5.92 Å². The van der Waals surface area contributed by atoms with Crippen molar-refractivity contribution < 1.29 is 21.6 Å². The molecule has 3 rings (SSSR count). The molecule has 1 aliphatic rings. The third-order valence-electron chi connectivity index (χ3n) is 4.38. The second-order valence-electron chi connectivity index (χ2n) is 6.39. The molecule has 1 amide bonds. The molecule has 27 heavy (non-hydrogen) atoms. The first kappa shape index (κ1) is 19.4. The van der Waals surface area contributed by atoms with Crippen molar-refractivity contribution in [2.75, 3.05) is 14.8 Å². The Bertz CT molecular complexity index is 1080.